The molecule has 2 unspecified atom stereocenters. The number of hydrogen-bond acceptors (Lipinski definition) is 3. The summed E-state index contributed by atoms with van der Waals surface area (Å²) in [6, 6.07) is 10.4. The maximum Gasteiger partial charge on any atom is 0.224 e. The van der Waals surface area contributed by atoms with Gasteiger partial charge in [0.1, 0.15) is 0 Å². The lowest BCUT2D eigenvalue weighted by Gasteiger charge is -2.26. The summed E-state index contributed by atoms with van der Waals surface area (Å²) < 4.78 is 0. The SMILES string of the molecule is CC(C)CC(CN)C(=O)NCC(c1ccccc1)N(C)C. The van der Waals surface area contributed by atoms with Crippen LogP contribution in [0.5, 0.6) is 0 Å². The van der Waals surface area contributed by atoms with Crippen LogP contribution >= 0.6 is 0 Å². The lowest BCUT2D eigenvalue weighted by Crippen LogP contribution is -2.40. The summed E-state index contributed by atoms with van der Waals surface area (Å²) in [4.78, 5) is 14.4. The third-order valence-electron chi connectivity index (χ3n) is 3.69. The monoisotopic (exact) mass is 291 g/mol. The van der Waals surface area contributed by atoms with Gasteiger partial charge in [0, 0.05) is 13.1 Å². The molecule has 1 amide bonds. The molecule has 0 bridgehead atoms. The smallest absolute Gasteiger partial charge is 0.224 e. The fourth-order valence-corrected chi connectivity index (χ4v) is 2.49. The molecule has 4 heteroatoms. The van der Waals surface area contributed by atoms with Crippen molar-refractivity contribution in [3.8, 4) is 0 Å². The molecular formula is C17H29N3O. The molecule has 0 saturated carbocycles. The summed E-state index contributed by atoms with van der Waals surface area (Å²) in [6.45, 7) is 5.23. The Morgan fingerprint density at radius 2 is 1.86 bits per heavy atom. The van der Waals surface area contributed by atoms with Crippen LogP contribution < -0.4 is 11.1 Å². The number of nitrogens with two attached hydrogens (primary N) is 1. The number of benzene rings is 1. The van der Waals surface area contributed by atoms with E-state index in [1.54, 1.807) is 0 Å². The molecule has 0 fully saturated rings. The Bertz CT molecular complexity index is 417. The van der Waals surface area contributed by atoms with Crippen molar-refractivity contribution in [3.05, 3.63) is 35.9 Å². The second kappa shape index (κ2) is 8.80. The predicted molar refractivity (Wildman–Crippen MR) is 87.9 cm³/mol. The number of rotatable bonds is 8. The van der Waals surface area contributed by atoms with Crippen LogP contribution in [-0.4, -0.2) is 38.0 Å². The highest BCUT2D eigenvalue weighted by molar-refractivity contribution is 5.78. The van der Waals surface area contributed by atoms with Gasteiger partial charge in [-0.05, 0) is 32.0 Å². The topological polar surface area (TPSA) is 58.4 Å². The van der Waals surface area contributed by atoms with Crippen LogP contribution in [0.25, 0.3) is 0 Å². The van der Waals surface area contributed by atoms with E-state index in [1.807, 2.05) is 32.3 Å². The molecule has 118 valence electrons. The minimum absolute atomic E-state index is 0.0639. The average molecular weight is 291 g/mol. The van der Waals surface area contributed by atoms with Crippen molar-refractivity contribution < 1.29 is 4.79 Å². The Labute approximate surface area is 128 Å². The maximum absolute atomic E-state index is 12.3. The van der Waals surface area contributed by atoms with Gasteiger partial charge >= 0.3 is 0 Å². The van der Waals surface area contributed by atoms with E-state index in [9.17, 15) is 4.79 Å². The zero-order valence-corrected chi connectivity index (χ0v) is 13.7. The molecule has 0 aromatic heterocycles. The summed E-state index contributed by atoms with van der Waals surface area (Å²) in [7, 11) is 4.05. The van der Waals surface area contributed by atoms with Crippen LogP contribution in [0.4, 0.5) is 0 Å². The van der Waals surface area contributed by atoms with Crippen molar-refractivity contribution >= 4 is 5.91 Å². The highest BCUT2D eigenvalue weighted by Crippen LogP contribution is 2.17. The first-order valence-electron chi connectivity index (χ1n) is 7.64. The highest BCUT2D eigenvalue weighted by Gasteiger charge is 2.20. The number of hydrogen-bond donors (Lipinski definition) is 2. The van der Waals surface area contributed by atoms with E-state index in [0.29, 0.717) is 19.0 Å². The Hall–Kier alpha value is -1.39. The fourth-order valence-electron chi connectivity index (χ4n) is 2.49. The van der Waals surface area contributed by atoms with Gasteiger partial charge in [0.2, 0.25) is 5.91 Å². The predicted octanol–water partition coefficient (Wildman–Crippen LogP) is 2.03. The van der Waals surface area contributed by atoms with Gasteiger partial charge in [-0.15, -0.1) is 0 Å². The van der Waals surface area contributed by atoms with Crippen LogP contribution in [-0.2, 0) is 4.79 Å². The molecular weight excluding hydrogens is 262 g/mol. The first-order chi connectivity index (χ1) is 9.95. The van der Waals surface area contributed by atoms with Crippen LogP contribution in [0.2, 0.25) is 0 Å². The van der Waals surface area contributed by atoms with E-state index in [4.69, 9.17) is 5.73 Å². The van der Waals surface area contributed by atoms with Crippen LogP contribution in [0.1, 0.15) is 31.9 Å². The number of amides is 1. The summed E-state index contributed by atoms with van der Waals surface area (Å²) in [5.41, 5.74) is 6.93. The van der Waals surface area contributed by atoms with E-state index in [2.05, 4.69) is 36.2 Å². The third-order valence-corrected chi connectivity index (χ3v) is 3.69. The molecule has 3 N–H and O–H groups in total. The Morgan fingerprint density at radius 3 is 2.33 bits per heavy atom. The molecule has 0 aliphatic rings. The quantitative estimate of drug-likeness (QED) is 0.770. The Kier molecular flexibility index (Phi) is 7.40. The van der Waals surface area contributed by atoms with Gasteiger partial charge in [-0.3, -0.25) is 4.79 Å². The zero-order chi connectivity index (χ0) is 15.8. The molecule has 4 nitrogen and oxygen atoms in total. The summed E-state index contributed by atoms with van der Waals surface area (Å²) >= 11 is 0. The first-order valence-corrected chi connectivity index (χ1v) is 7.64. The van der Waals surface area contributed by atoms with Crippen LogP contribution in [0, 0.1) is 11.8 Å². The number of carbonyl (C=O) groups is 1. The molecule has 1 aromatic rings. The lowest BCUT2D eigenvalue weighted by molar-refractivity contribution is -0.125. The molecule has 1 aromatic carbocycles. The van der Waals surface area contributed by atoms with Gasteiger partial charge in [0.05, 0.1) is 12.0 Å². The van der Waals surface area contributed by atoms with E-state index in [1.165, 1.54) is 5.56 Å². The second-order valence-electron chi connectivity index (χ2n) is 6.20. The molecule has 2 atom stereocenters. The largest absolute Gasteiger partial charge is 0.354 e. The van der Waals surface area contributed by atoms with Crippen molar-refractivity contribution in [3.63, 3.8) is 0 Å². The third kappa shape index (κ3) is 5.86. The molecule has 0 heterocycles. The first kappa shape index (κ1) is 17.7. The van der Waals surface area contributed by atoms with Gasteiger partial charge in [0.25, 0.3) is 0 Å². The highest BCUT2D eigenvalue weighted by atomic mass is 16.1. The second-order valence-corrected chi connectivity index (χ2v) is 6.20. The molecule has 0 aliphatic carbocycles. The van der Waals surface area contributed by atoms with Gasteiger partial charge < -0.3 is 16.0 Å². The molecule has 0 saturated heterocycles. The summed E-state index contributed by atoms with van der Waals surface area (Å²) in [6.07, 6.45) is 0.834. The van der Waals surface area contributed by atoms with Crippen molar-refractivity contribution in [1.82, 2.24) is 10.2 Å². The molecule has 0 aliphatic heterocycles. The average Bonchev–Trinajstić information content (AvgIpc) is 2.45. The minimum Gasteiger partial charge on any atom is -0.354 e. The Morgan fingerprint density at radius 1 is 1.24 bits per heavy atom. The number of likely N-dealkylation sites (N-methyl/N-ethyl adjacent to an activating group) is 1. The van der Waals surface area contributed by atoms with E-state index in [0.717, 1.165) is 6.42 Å². The summed E-state index contributed by atoms with van der Waals surface area (Å²) in [5, 5.41) is 3.06. The minimum atomic E-state index is -0.0939. The molecule has 21 heavy (non-hydrogen) atoms. The number of carbonyl (C=O) groups excluding carboxylic acids is 1. The van der Waals surface area contributed by atoms with Crippen molar-refractivity contribution in [2.75, 3.05) is 27.2 Å². The van der Waals surface area contributed by atoms with E-state index >= 15 is 0 Å². The van der Waals surface area contributed by atoms with E-state index in [-0.39, 0.29) is 17.9 Å². The fraction of sp³-hybridized carbons (Fsp3) is 0.588. The van der Waals surface area contributed by atoms with Gasteiger partial charge in [-0.2, -0.15) is 0 Å². The van der Waals surface area contributed by atoms with Crippen molar-refractivity contribution in [1.29, 1.82) is 0 Å². The van der Waals surface area contributed by atoms with Gasteiger partial charge in [-0.1, -0.05) is 44.2 Å². The van der Waals surface area contributed by atoms with Crippen molar-refractivity contribution in [2.45, 2.75) is 26.3 Å². The zero-order valence-electron chi connectivity index (χ0n) is 13.7. The number of nitrogens with one attached hydrogen (secondary N) is 1. The number of nitrogens with zero attached hydrogens (tertiary/aromatic N) is 1. The maximum atomic E-state index is 12.3. The Balaban J connectivity index is 2.63. The van der Waals surface area contributed by atoms with Crippen LogP contribution in [0.15, 0.2) is 30.3 Å². The van der Waals surface area contributed by atoms with Gasteiger partial charge in [-0.25, -0.2) is 0 Å². The molecule has 0 radical (unpaired) electrons. The van der Waals surface area contributed by atoms with Crippen molar-refractivity contribution in [2.24, 2.45) is 17.6 Å². The standard InChI is InChI=1S/C17H29N3O/c1-13(2)10-15(11-18)17(21)19-12-16(20(3)4)14-8-6-5-7-9-14/h5-9,13,15-16H,10-12,18H2,1-4H3,(H,19,21). The summed E-state index contributed by atoms with van der Waals surface area (Å²) in [5.74, 6) is 0.445. The molecule has 0 spiro atoms. The molecule has 1 rings (SSSR count). The van der Waals surface area contributed by atoms with Gasteiger partial charge in [0.15, 0.2) is 0 Å². The normalized spacial score (nSPS) is 14.2. The van der Waals surface area contributed by atoms with Crippen LogP contribution in [0.3, 0.4) is 0 Å². The lowest BCUT2D eigenvalue weighted by atomic mass is 9.96. The van der Waals surface area contributed by atoms with E-state index < -0.39 is 0 Å².